The number of alkyl halides is 9. The molecule has 1 heterocycles. The summed E-state index contributed by atoms with van der Waals surface area (Å²) in [5.41, 5.74) is -5.49. The van der Waals surface area contributed by atoms with Crippen molar-refractivity contribution in [1.29, 1.82) is 0 Å². The average molecular weight is 613 g/mol. The van der Waals surface area contributed by atoms with E-state index in [0.717, 1.165) is 30.0 Å². The molecule has 0 bridgehead atoms. The van der Waals surface area contributed by atoms with Crippen LogP contribution in [-0.4, -0.2) is 35.1 Å². The lowest BCUT2D eigenvalue weighted by Crippen LogP contribution is -2.44. The van der Waals surface area contributed by atoms with Gasteiger partial charge in [-0.05, 0) is 74.7 Å². The Labute approximate surface area is 236 Å². The van der Waals surface area contributed by atoms with E-state index in [1.54, 1.807) is 27.7 Å². The zero-order chi connectivity index (χ0) is 32.0. The minimum Gasteiger partial charge on any atom is -0.443 e. The van der Waals surface area contributed by atoms with Crippen molar-refractivity contribution in [1.82, 2.24) is 4.90 Å². The van der Waals surface area contributed by atoms with Gasteiger partial charge in [-0.3, -0.25) is 9.69 Å². The zero-order valence-electron chi connectivity index (χ0n) is 23.3. The fraction of sp³-hybridized carbons (Fsp3) is 0.500. The van der Waals surface area contributed by atoms with Crippen molar-refractivity contribution in [2.75, 3.05) is 11.4 Å². The summed E-state index contributed by atoms with van der Waals surface area (Å²) in [7, 11) is 0. The molecule has 0 saturated carbocycles. The summed E-state index contributed by atoms with van der Waals surface area (Å²) in [6.45, 7) is 6.35. The number of amides is 2. The van der Waals surface area contributed by atoms with Crippen molar-refractivity contribution in [3.8, 4) is 0 Å². The summed E-state index contributed by atoms with van der Waals surface area (Å²) in [4.78, 5) is 27.9. The number of anilines is 1. The molecule has 0 fully saturated rings. The van der Waals surface area contributed by atoms with Gasteiger partial charge in [0, 0.05) is 32.0 Å². The summed E-state index contributed by atoms with van der Waals surface area (Å²) in [5.74, 6) is -1.73. The van der Waals surface area contributed by atoms with E-state index in [9.17, 15) is 49.1 Å². The smallest absolute Gasteiger partial charge is 0.416 e. The van der Waals surface area contributed by atoms with Crippen LogP contribution in [0, 0.1) is 0 Å². The summed E-state index contributed by atoms with van der Waals surface area (Å²) < 4.78 is 127. The first-order valence-corrected chi connectivity index (χ1v) is 12.8. The molecule has 5 nitrogen and oxygen atoms in total. The highest BCUT2D eigenvalue weighted by Crippen LogP contribution is 2.46. The molecule has 232 valence electrons. The highest BCUT2D eigenvalue weighted by molar-refractivity contribution is 5.92. The first-order chi connectivity index (χ1) is 19.0. The van der Waals surface area contributed by atoms with Crippen LogP contribution in [0.3, 0.4) is 0 Å². The highest BCUT2D eigenvalue weighted by atomic mass is 19.4. The van der Waals surface area contributed by atoms with Crippen LogP contribution in [0.15, 0.2) is 36.4 Å². The lowest BCUT2D eigenvalue weighted by molar-refractivity contribution is -0.143. The maximum absolute atomic E-state index is 13.6. The number of ether oxygens (including phenoxy) is 1. The van der Waals surface area contributed by atoms with E-state index in [0.29, 0.717) is 12.1 Å². The van der Waals surface area contributed by atoms with Gasteiger partial charge in [-0.25, -0.2) is 4.79 Å². The van der Waals surface area contributed by atoms with Gasteiger partial charge in [-0.2, -0.15) is 39.5 Å². The van der Waals surface area contributed by atoms with E-state index in [4.69, 9.17) is 4.74 Å². The van der Waals surface area contributed by atoms with Crippen LogP contribution >= 0.6 is 0 Å². The van der Waals surface area contributed by atoms with Crippen molar-refractivity contribution < 1.29 is 53.8 Å². The van der Waals surface area contributed by atoms with Crippen LogP contribution in [0.25, 0.3) is 0 Å². The van der Waals surface area contributed by atoms with E-state index in [2.05, 4.69) is 0 Å². The number of carbonyl (C=O) groups excluding carboxylic acids is 2. The third kappa shape index (κ3) is 7.49. The lowest BCUT2D eigenvalue weighted by Gasteiger charge is -2.32. The molecule has 1 aliphatic heterocycles. The topological polar surface area (TPSA) is 49.9 Å². The number of hydrogen-bond acceptors (Lipinski definition) is 3. The second kappa shape index (κ2) is 11.3. The Hall–Kier alpha value is -3.45. The van der Waals surface area contributed by atoms with Crippen LogP contribution in [0.1, 0.15) is 74.8 Å². The van der Waals surface area contributed by atoms with Crippen molar-refractivity contribution in [3.05, 3.63) is 64.2 Å². The number of fused-ring (bicyclic) bond motifs is 1. The molecule has 0 saturated heterocycles. The molecule has 0 spiro atoms. The average Bonchev–Trinajstić information content (AvgIpc) is 3.13. The van der Waals surface area contributed by atoms with Gasteiger partial charge >= 0.3 is 24.6 Å². The zero-order valence-corrected chi connectivity index (χ0v) is 23.3. The fourth-order valence-corrected chi connectivity index (χ4v) is 4.92. The molecule has 2 aromatic rings. The summed E-state index contributed by atoms with van der Waals surface area (Å²) in [6, 6.07) is 2.81. The third-order valence-electron chi connectivity index (χ3n) is 6.70. The van der Waals surface area contributed by atoms with Crippen molar-refractivity contribution in [3.63, 3.8) is 0 Å². The first-order valence-electron chi connectivity index (χ1n) is 12.8. The Morgan fingerprint density at radius 3 is 1.79 bits per heavy atom. The molecule has 14 heteroatoms. The number of halogens is 9. The number of rotatable bonds is 5. The van der Waals surface area contributed by atoms with Gasteiger partial charge in [0.15, 0.2) is 0 Å². The SMILES string of the molecule is CC[C@@H]1[C@H](CN(Cc2cc(C(F)(F)F)cc(C(F)(F)F)c2)C(C)=O)c2cc(C(F)(F)F)ccc2N1C(=O)OC(C)(C)C. The van der Waals surface area contributed by atoms with Gasteiger partial charge in [0.2, 0.25) is 5.91 Å². The second-order valence-electron chi connectivity index (χ2n) is 11.0. The van der Waals surface area contributed by atoms with Gasteiger partial charge in [0.05, 0.1) is 22.4 Å². The molecule has 42 heavy (non-hydrogen) atoms. The van der Waals surface area contributed by atoms with Crippen LogP contribution in [0.4, 0.5) is 50.0 Å². The Morgan fingerprint density at radius 2 is 1.36 bits per heavy atom. The van der Waals surface area contributed by atoms with E-state index in [1.807, 2.05) is 0 Å². The molecule has 1 aliphatic rings. The minimum absolute atomic E-state index is 0.0359. The third-order valence-corrected chi connectivity index (χ3v) is 6.70. The number of benzene rings is 2. The van der Waals surface area contributed by atoms with Gasteiger partial charge in [-0.1, -0.05) is 6.92 Å². The second-order valence-corrected chi connectivity index (χ2v) is 11.0. The van der Waals surface area contributed by atoms with Gasteiger partial charge in [0.1, 0.15) is 5.60 Å². The van der Waals surface area contributed by atoms with Gasteiger partial charge in [0.25, 0.3) is 0 Å². The van der Waals surface area contributed by atoms with E-state index < -0.39 is 83.4 Å². The van der Waals surface area contributed by atoms with Gasteiger partial charge in [-0.15, -0.1) is 0 Å². The maximum atomic E-state index is 13.6. The molecule has 3 rings (SSSR count). The molecule has 0 N–H and O–H groups in total. The van der Waals surface area contributed by atoms with Crippen LogP contribution in [0.5, 0.6) is 0 Å². The molecule has 0 aliphatic carbocycles. The normalized spacial score (nSPS) is 17.7. The minimum atomic E-state index is -5.11. The fourth-order valence-electron chi connectivity index (χ4n) is 4.92. The summed E-state index contributed by atoms with van der Waals surface area (Å²) >= 11 is 0. The molecule has 2 atom stereocenters. The highest BCUT2D eigenvalue weighted by Gasteiger charge is 2.45. The molecular formula is C28H29F9N2O3. The predicted molar refractivity (Wildman–Crippen MR) is 135 cm³/mol. The van der Waals surface area contributed by atoms with E-state index >= 15 is 0 Å². The number of carbonyl (C=O) groups is 2. The monoisotopic (exact) mass is 612 g/mol. The largest absolute Gasteiger partial charge is 0.443 e. The number of nitrogens with zero attached hydrogens (tertiary/aromatic N) is 2. The van der Waals surface area contributed by atoms with E-state index in [-0.39, 0.29) is 23.7 Å². The Bertz CT molecular complexity index is 1300. The van der Waals surface area contributed by atoms with Crippen LogP contribution in [-0.2, 0) is 34.6 Å². The Morgan fingerprint density at radius 1 is 0.833 bits per heavy atom. The molecule has 0 unspecified atom stereocenters. The van der Waals surface area contributed by atoms with Crippen LogP contribution < -0.4 is 4.90 Å². The molecule has 2 aromatic carbocycles. The standard InChI is InChI=1S/C28H29F9N2O3/c1-6-22-21(20-12-17(26(29,30)31)7-8-23(20)39(22)24(41)42-25(3,4)5)14-38(15(2)40)13-16-9-18(27(32,33)34)11-19(10-16)28(35,36)37/h7-12,21-22H,6,13-14H2,1-5H3/t21-,22-/m1/s1. The lowest BCUT2D eigenvalue weighted by atomic mass is 9.91. The number of hydrogen-bond donors (Lipinski definition) is 0. The summed E-state index contributed by atoms with van der Waals surface area (Å²) in [6.07, 6.45) is -15.7. The molecule has 2 amide bonds. The Balaban J connectivity index is 2.10. The van der Waals surface area contributed by atoms with Crippen molar-refractivity contribution in [2.45, 2.75) is 83.7 Å². The molecule has 0 aromatic heterocycles. The predicted octanol–water partition coefficient (Wildman–Crippen LogP) is 8.41. The first kappa shape index (κ1) is 33.1. The summed E-state index contributed by atoms with van der Waals surface area (Å²) in [5, 5.41) is 0. The van der Waals surface area contributed by atoms with Gasteiger partial charge < -0.3 is 9.64 Å². The van der Waals surface area contributed by atoms with Crippen molar-refractivity contribution in [2.24, 2.45) is 0 Å². The molecule has 0 radical (unpaired) electrons. The van der Waals surface area contributed by atoms with E-state index in [1.165, 1.54) is 4.90 Å². The van der Waals surface area contributed by atoms with Crippen molar-refractivity contribution >= 4 is 17.7 Å². The van der Waals surface area contributed by atoms with Crippen LogP contribution in [0.2, 0.25) is 0 Å². The molecular weight excluding hydrogens is 583 g/mol. The maximum Gasteiger partial charge on any atom is 0.416 e. The quantitative estimate of drug-likeness (QED) is 0.319. The Kier molecular flexibility index (Phi) is 8.91.